The van der Waals surface area contributed by atoms with Crippen molar-refractivity contribution < 1.29 is 21.6 Å². The van der Waals surface area contributed by atoms with Crippen LogP contribution < -0.4 is 5.73 Å². The Hall–Kier alpha value is -0.830. The van der Waals surface area contributed by atoms with Crippen molar-refractivity contribution in [1.82, 2.24) is 4.31 Å². The molecule has 0 spiro atoms. The fourth-order valence-corrected chi connectivity index (χ4v) is 4.17. The lowest BCUT2D eigenvalue weighted by Crippen LogP contribution is -2.40. The van der Waals surface area contributed by atoms with Gasteiger partial charge in [0, 0.05) is 12.6 Å². The summed E-state index contributed by atoms with van der Waals surface area (Å²) in [6, 6.07) is 3.39. The van der Waals surface area contributed by atoms with Gasteiger partial charge >= 0.3 is 6.18 Å². The van der Waals surface area contributed by atoms with Crippen LogP contribution in [0.1, 0.15) is 18.4 Å². The van der Waals surface area contributed by atoms with E-state index < -0.39 is 28.8 Å². The van der Waals surface area contributed by atoms with Gasteiger partial charge in [0.25, 0.3) is 0 Å². The van der Waals surface area contributed by atoms with Gasteiger partial charge in [0.1, 0.15) is 11.4 Å². The third-order valence-corrected chi connectivity index (χ3v) is 5.49. The first-order valence-corrected chi connectivity index (χ1v) is 8.04. The molecule has 118 valence electrons. The third kappa shape index (κ3) is 3.88. The maximum absolute atomic E-state index is 12.6. The van der Waals surface area contributed by atoms with Crippen molar-refractivity contribution in [2.75, 3.05) is 6.54 Å². The highest BCUT2D eigenvalue weighted by molar-refractivity contribution is 7.89. The van der Waals surface area contributed by atoms with E-state index >= 15 is 0 Å². The maximum Gasteiger partial charge on any atom is 0.402 e. The minimum atomic E-state index is -4.60. The lowest BCUT2D eigenvalue weighted by molar-refractivity contribution is -0.137. The first-order chi connectivity index (χ1) is 9.65. The predicted molar refractivity (Wildman–Crippen MR) is 72.3 cm³/mol. The summed E-state index contributed by atoms with van der Waals surface area (Å²) in [5, 5.41) is -0.120. The molecule has 1 saturated carbocycles. The molecule has 0 heterocycles. The summed E-state index contributed by atoms with van der Waals surface area (Å²) < 4.78 is 63.1. The molecule has 0 saturated heterocycles. The van der Waals surface area contributed by atoms with E-state index in [1.54, 1.807) is 0 Å². The second-order valence-corrected chi connectivity index (χ2v) is 7.13. The molecular weight excluding hydrogens is 329 g/mol. The van der Waals surface area contributed by atoms with Crippen LogP contribution in [0.3, 0.4) is 0 Å². The van der Waals surface area contributed by atoms with E-state index in [9.17, 15) is 21.6 Å². The van der Waals surface area contributed by atoms with Crippen LogP contribution in [0.5, 0.6) is 0 Å². The molecule has 21 heavy (non-hydrogen) atoms. The summed E-state index contributed by atoms with van der Waals surface area (Å²) in [4.78, 5) is -0.322. The third-order valence-electron chi connectivity index (χ3n) is 3.11. The minimum Gasteiger partial charge on any atom is -0.326 e. The van der Waals surface area contributed by atoms with Gasteiger partial charge in [0.2, 0.25) is 10.0 Å². The van der Waals surface area contributed by atoms with Crippen LogP contribution in [0, 0.1) is 0 Å². The largest absolute Gasteiger partial charge is 0.402 e. The number of rotatable bonds is 5. The van der Waals surface area contributed by atoms with Crippen LogP contribution in [-0.2, 0) is 16.6 Å². The zero-order valence-corrected chi connectivity index (χ0v) is 12.5. The molecule has 1 aliphatic carbocycles. The van der Waals surface area contributed by atoms with Crippen LogP contribution in [-0.4, -0.2) is 31.5 Å². The van der Waals surface area contributed by atoms with E-state index in [2.05, 4.69) is 0 Å². The number of nitrogens with two attached hydrogens (primary N) is 1. The van der Waals surface area contributed by atoms with E-state index in [0.717, 1.165) is 0 Å². The monoisotopic (exact) mass is 342 g/mol. The Labute approximate surface area is 125 Å². The molecule has 9 heteroatoms. The Bertz CT molecular complexity index is 630. The molecule has 2 N–H and O–H groups in total. The number of hydrogen-bond donors (Lipinski definition) is 1. The lowest BCUT2D eigenvalue weighted by Gasteiger charge is -2.23. The average Bonchev–Trinajstić information content (AvgIpc) is 3.18. The molecule has 1 aromatic rings. The van der Waals surface area contributed by atoms with Crippen LogP contribution in [0.15, 0.2) is 23.1 Å². The average molecular weight is 343 g/mol. The predicted octanol–water partition coefficient (Wildman–Crippen LogP) is 2.51. The van der Waals surface area contributed by atoms with Gasteiger partial charge in [-0.1, -0.05) is 17.7 Å². The molecule has 1 fully saturated rings. The molecule has 0 bridgehead atoms. The molecule has 2 rings (SSSR count). The lowest BCUT2D eigenvalue weighted by atomic mass is 10.2. The first kappa shape index (κ1) is 16.5. The zero-order chi connectivity index (χ0) is 15.8. The van der Waals surface area contributed by atoms with Gasteiger partial charge in [-0.15, -0.1) is 0 Å². The number of halogens is 4. The summed E-state index contributed by atoms with van der Waals surface area (Å²) >= 11 is 5.89. The summed E-state index contributed by atoms with van der Waals surface area (Å²) in [6.07, 6.45) is -3.75. The molecule has 0 unspecified atom stereocenters. The highest BCUT2D eigenvalue weighted by Gasteiger charge is 2.45. The summed E-state index contributed by atoms with van der Waals surface area (Å²) in [5.74, 6) is 0. The standard InChI is InChI=1S/C12H14ClF3N2O2S/c13-10-5-8(6-17)1-4-11(10)21(19,20)18(9-2-3-9)7-12(14,15)16/h1,4-5,9H,2-3,6-7,17H2. The van der Waals surface area contributed by atoms with Crippen molar-refractivity contribution in [3.8, 4) is 0 Å². The topological polar surface area (TPSA) is 63.4 Å². The van der Waals surface area contributed by atoms with Crippen LogP contribution in [0.2, 0.25) is 5.02 Å². The highest BCUT2D eigenvalue weighted by atomic mass is 35.5. The van der Waals surface area contributed by atoms with E-state index in [0.29, 0.717) is 22.7 Å². The Morgan fingerprint density at radius 1 is 1.33 bits per heavy atom. The number of hydrogen-bond acceptors (Lipinski definition) is 3. The number of alkyl halides is 3. The van der Waals surface area contributed by atoms with E-state index in [-0.39, 0.29) is 16.5 Å². The number of nitrogens with zero attached hydrogens (tertiary/aromatic N) is 1. The fourth-order valence-electron chi connectivity index (χ4n) is 1.96. The first-order valence-electron chi connectivity index (χ1n) is 6.22. The maximum atomic E-state index is 12.6. The molecule has 0 atom stereocenters. The van der Waals surface area contributed by atoms with E-state index in [4.69, 9.17) is 17.3 Å². The molecule has 1 aromatic carbocycles. The summed E-state index contributed by atoms with van der Waals surface area (Å²) in [5.41, 5.74) is 6.02. The highest BCUT2D eigenvalue weighted by Crippen LogP contribution is 2.36. The summed E-state index contributed by atoms with van der Waals surface area (Å²) in [7, 11) is -4.29. The van der Waals surface area contributed by atoms with Gasteiger partial charge in [-0.2, -0.15) is 17.5 Å². The van der Waals surface area contributed by atoms with Crippen molar-refractivity contribution in [3.63, 3.8) is 0 Å². The van der Waals surface area contributed by atoms with Gasteiger partial charge in [-0.25, -0.2) is 8.42 Å². The van der Waals surface area contributed by atoms with Crippen molar-refractivity contribution in [3.05, 3.63) is 28.8 Å². The molecular formula is C12H14ClF3N2O2S. The van der Waals surface area contributed by atoms with Crippen molar-refractivity contribution in [2.45, 2.75) is 36.5 Å². The number of benzene rings is 1. The Kier molecular flexibility index (Phi) is 4.53. The van der Waals surface area contributed by atoms with Gasteiger partial charge in [0.05, 0.1) is 5.02 Å². The summed E-state index contributed by atoms with van der Waals surface area (Å²) in [6.45, 7) is -1.34. The van der Waals surface area contributed by atoms with Crippen molar-refractivity contribution in [1.29, 1.82) is 0 Å². The van der Waals surface area contributed by atoms with E-state index in [1.165, 1.54) is 18.2 Å². The van der Waals surface area contributed by atoms with Gasteiger partial charge in [-0.3, -0.25) is 0 Å². The fraction of sp³-hybridized carbons (Fsp3) is 0.500. The Morgan fingerprint density at radius 3 is 2.38 bits per heavy atom. The molecule has 0 amide bonds. The van der Waals surface area contributed by atoms with E-state index in [1.807, 2.05) is 0 Å². The second-order valence-electron chi connectivity index (χ2n) is 4.87. The Balaban J connectivity index is 2.39. The molecule has 0 aliphatic heterocycles. The molecule has 4 nitrogen and oxygen atoms in total. The van der Waals surface area contributed by atoms with Crippen LogP contribution in [0.25, 0.3) is 0 Å². The molecule has 0 aromatic heterocycles. The second kappa shape index (κ2) is 5.75. The molecule has 1 aliphatic rings. The molecule has 0 radical (unpaired) electrons. The quantitative estimate of drug-likeness (QED) is 0.894. The van der Waals surface area contributed by atoms with Crippen LogP contribution >= 0.6 is 11.6 Å². The SMILES string of the molecule is NCc1ccc(S(=O)(=O)N(CC(F)(F)F)C2CC2)c(Cl)c1. The van der Waals surface area contributed by atoms with Gasteiger partial charge in [-0.05, 0) is 30.5 Å². The smallest absolute Gasteiger partial charge is 0.326 e. The normalized spacial score (nSPS) is 16.5. The minimum absolute atomic E-state index is 0.120. The van der Waals surface area contributed by atoms with Gasteiger partial charge < -0.3 is 5.73 Å². The van der Waals surface area contributed by atoms with Gasteiger partial charge in [0.15, 0.2) is 0 Å². The van der Waals surface area contributed by atoms with Crippen LogP contribution in [0.4, 0.5) is 13.2 Å². The van der Waals surface area contributed by atoms with Crippen molar-refractivity contribution >= 4 is 21.6 Å². The number of sulfonamides is 1. The van der Waals surface area contributed by atoms with Crippen molar-refractivity contribution in [2.24, 2.45) is 5.73 Å². The Morgan fingerprint density at radius 2 is 1.95 bits per heavy atom. The zero-order valence-electron chi connectivity index (χ0n) is 10.9.